The number of rotatable bonds is 1. The molecule has 2 aromatic rings. The van der Waals surface area contributed by atoms with Crippen molar-refractivity contribution in [1.29, 1.82) is 0 Å². The Labute approximate surface area is 148 Å². The van der Waals surface area contributed by atoms with E-state index in [1.807, 2.05) is 60.5 Å². The van der Waals surface area contributed by atoms with E-state index in [1.165, 1.54) is 11.8 Å². The van der Waals surface area contributed by atoms with Crippen molar-refractivity contribution in [3.63, 3.8) is 0 Å². The molecule has 0 spiro atoms. The van der Waals surface area contributed by atoms with E-state index in [0.29, 0.717) is 10.9 Å². The number of carbonyl (C=O) groups excluding carboxylic acids is 1. The number of carbonyl (C=O) groups is 1. The molecule has 24 heavy (non-hydrogen) atoms. The first kappa shape index (κ1) is 15.3. The molecule has 2 aliphatic heterocycles. The van der Waals surface area contributed by atoms with E-state index in [0.717, 1.165) is 27.6 Å². The number of hydrogen-bond donors (Lipinski definition) is 0. The van der Waals surface area contributed by atoms with Crippen LogP contribution in [-0.4, -0.2) is 24.5 Å². The topological polar surface area (TPSA) is 41.9 Å². The summed E-state index contributed by atoms with van der Waals surface area (Å²) in [7, 11) is 1.94. The van der Waals surface area contributed by atoms with Gasteiger partial charge in [-0.15, -0.1) is 0 Å². The maximum absolute atomic E-state index is 11.7. The lowest BCUT2D eigenvalue weighted by atomic mass is 10.0. The van der Waals surface area contributed by atoms with E-state index in [2.05, 4.69) is 4.99 Å². The number of anilines is 1. The Kier molecular flexibility index (Phi) is 3.82. The van der Waals surface area contributed by atoms with Crippen LogP contribution in [0.4, 0.5) is 5.69 Å². The fourth-order valence-electron chi connectivity index (χ4n) is 2.76. The number of halogens is 1. The molecule has 2 aliphatic rings. The third kappa shape index (κ3) is 2.60. The van der Waals surface area contributed by atoms with E-state index in [-0.39, 0.29) is 11.7 Å². The summed E-state index contributed by atoms with van der Waals surface area (Å²) in [6, 6.07) is 15.5. The first-order valence-corrected chi connectivity index (χ1v) is 8.75. The Balaban J connectivity index is 1.99. The highest BCUT2D eigenvalue weighted by Gasteiger charge is 2.30. The minimum absolute atomic E-state index is 0.280. The molecule has 0 saturated carbocycles. The molecule has 0 N–H and O–H groups in total. The van der Waals surface area contributed by atoms with E-state index < -0.39 is 0 Å². The van der Waals surface area contributed by atoms with Crippen LogP contribution in [0.2, 0.25) is 5.02 Å². The van der Waals surface area contributed by atoms with Crippen molar-refractivity contribution in [3.05, 3.63) is 75.6 Å². The molecule has 0 radical (unpaired) electrons. The molecule has 120 valence electrons. The number of aliphatic imine (C=N–C) groups is 1. The molecule has 6 heteroatoms. The van der Waals surface area contributed by atoms with Gasteiger partial charge in [-0.3, -0.25) is 4.79 Å². The van der Waals surface area contributed by atoms with Crippen LogP contribution in [0.25, 0.3) is 0 Å². The molecule has 0 aromatic heterocycles. The Bertz CT molecular complexity index is 893. The summed E-state index contributed by atoms with van der Waals surface area (Å²) >= 11 is 7.66. The smallest absolute Gasteiger partial charge is 0.323 e. The largest absolute Gasteiger partial charge is 0.404 e. The quantitative estimate of drug-likeness (QED) is 0.723. The van der Waals surface area contributed by atoms with Gasteiger partial charge in [-0.2, -0.15) is 0 Å². The fourth-order valence-corrected chi connectivity index (χ4v) is 3.75. The summed E-state index contributed by atoms with van der Waals surface area (Å²) in [5.41, 5.74) is 3.55. The zero-order valence-corrected chi connectivity index (χ0v) is 14.4. The van der Waals surface area contributed by atoms with Crippen LogP contribution in [-0.2, 0) is 9.53 Å². The average molecular weight is 357 g/mol. The summed E-state index contributed by atoms with van der Waals surface area (Å²) < 4.78 is 5.41. The summed E-state index contributed by atoms with van der Waals surface area (Å²) in [6.07, 6.45) is 0. The monoisotopic (exact) mass is 356 g/mol. The number of ether oxygens (including phenoxy) is 1. The van der Waals surface area contributed by atoms with Crippen LogP contribution in [0.1, 0.15) is 11.1 Å². The number of hydrogen-bond acceptors (Lipinski definition) is 5. The zero-order valence-electron chi connectivity index (χ0n) is 12.8. The third-order valence-electron chi connectivity index (χ3n) is 3.86. The Morgan fingerprint density at radius 3 is 2.79 bits per heavy atom. The third-order valence-corrected chi connectivity index (χ3v) is 5.20. The molecule has 0 fully saturated rings. The number of thioether (sulfide) groups is 1. The second-order valence-electron chi connectivity index (χ2n) is 5.42. The maximum atomic E-state index is 11.7. The number of benzene rings is 2. The highest BCUT2D eigenvalue weighted by molar-refractivity contribution is 8.03. The maximum Gasteiger partial charge on any atom is 0.323 e. The second-order valence-corrected chi connectivity index (χ2v) is 6.82. The van der Waals surface area contributed by atoms with Gasteiger partial charge in [-0.25, -0.2) is 4.99 Å². The van der Waals surface area contributed by atoms with Gasteiger partial charge in [0.05, 0.1) is 17.2 Å². The molecule has 2 aromatic carbocycles. The van der Waals surface area contributed by atoms with Gasteiger partial charge < -0.3 is 9.64 Å². The van der Waals surface area contributed by atoms with E-state index >= 15 is 0 Å². The van der Waals surface area contributed by atoms with E-state index in [9.17, 15) is 4.79 Å². The molecule has 0 saturated heterocycles. The van der Waals surface area contributed by atoms with Crippen LogP contribution in [0.15, 0.2) is 64.4 Å². The van der Waals surface area contributed by atoms with Gasteiger partial charge in [0, 0.05) is 23.2 Å². The van der Waals surface area contributed by atoms with Gasteiger partial charge in [-0.1, -0.05) is 53.7 Å². The minimum atomic E-state index is -0.285. The summed E-state index contributed by atoms with van der Waals surface area (Å²) in [4.78, 5) is 18.4. The van der Waals surface area contributed by atoms with Crippen molar-refractivity contribution in [2.75, 3.05) is 17.7 Å². The van der Waals surface area contributed by atoms with Crippen molar-refractivity contribution >= 4 is 40.7 Å². The summed E-state index contributed by atoms with van der Waals surface area (Å²) in [6.45, 7) is 0. The van der Waals surface area contributed by atoms with Crippen molar-refractivity contribution in [2.24, 2.45) is 4.99 Å². The van der Waals surface area contributed by atoms with Gasteiger partial charge >= 0.3 is 5.97 Å². The Morgan fingerprint density at radius 1 is 1.21 bits per heavy atom. The summed E-state index contributed by atoms with van der Waals surface area (Å²) in [5, 5.41) is 1.46. The normalized spacial score (nSPS) is 16.8. The van der Waals surface area contributed by atoms with Crippen molar-refractivity contribution in [2.45, 2.75) is 0 Å². The molecule has 2 heterocycles. The number of esters is 1. The van der Waals surface area contributed by atoms with Gasteiger partial charge in [0.2, 0.25) is 0 Å². The van der Waals surface area contributed by atoms with Gasteiger partial charge in [-0.05, 0) is 18.2 Å². The first-order valence-electron chi connectivity index (χ1n) is 7.39. The van der Waals surface area contributed by atoms with Gasteiger partial charge in [0.1, 0.15) is 5.03 Å². The predicted molar refractivity (Wildman–Crippen MR) is 97.5 cm³/mol. The first-order chi connectivity index (χ1) is 11.6. The van der Waals surface area contributed by atoms with Crippen molar-refractivity contribution in [3.8, 4) is 0 Å². The number of nitrogens with zero attached hydrogens (tertiary/aromatic N) is 2. The molecular formula is C18H13ClN2O2S. The van der Waals surface area contributed by atoms with E-state index in [1.54, 1.807) is 0 Å². The minimum Gasteiger partial charge on any atom is -0.404 e. The Morgan fingerprint density at radius 2 is 2.00 bits per heavy atom. The molecule has 0 atom stereocenters. The van der Waals surface area contributed by atoms with Crippen LogP contribution < -0.4 is 4.90 Å². The molecule has 4 rings (SSSR count). The van der Waals surface area contributed by atoms with Crippen LogP contribution in [0.3, 0.4) is 0 Å². The van der Waals surface area contributed by atoms with Gasteiger partial charge in [0.25, 0.3) is 5.88 Å². The molecule has 0 amide bonds. The molecule has 0 aliphatic carbocycles. The van der Waals surface area contributed by atoms with Crippen molar-refractivity contribution in [1.82, 2.24) is 0 Å². The van der Waals surface area contributed by atoms with Crippen molar-refractivity contribution < 1.29 is 9.53 Å². The SMILES string of the molecule is CN1C2=C(N=C(c3ccccc3)c3cc(Cl)ccc31)OC(=O)CS2. The van der Waals surface area contributed by atoms with Crippen LogP contribution in [0, 0.1) is 0 Å². The lowest BCUT2D eigenvalue weighted by Crippen LogP contribution is -2.22. The molecule has 4 nitrogen and oxygen atoms in total. The highest BCUT2D eigenvalue weighted by Crippen LogP contribution is 2.39. The lowest BCUT2D eigenvalue weighted by Gasteiger charge is -2.25. The zero-order chi connectivity index (χ0) is 16.7. The van der Waals surface area contributed by atoms with E-state index in [4.69, 9.17) is 16.3 Å². The van der Waals surface area contributed by atoms with Crippen LogP contribution in [0.5, 0.6) is 0 Å². The second kappa shape index (κ2) is 6.00. The highest BCUT2D eigenvalue weighted by atomic mass is 35.5. The molecular weight excluding hydrogens is 344 g/mol. The van der Waals surface area contributed by atoms with Crippen LogP contribution >= 0.6 is 23.4 Å². The summed E-state index contributed by atoms with van der Waals surface area (Å²) in [5.74, 6) is 0.333. The fraction of sp³-hybridized carbons (Fsp3) is 0.111. The lowest BCUT2D eigenvalue weighted by molar-refractivity contribution is -0.136. The molecule has 0 unspecified atom stereocenters. The molecule has 0 bridgehead atoms. The standard InChI is InChI=1S/C18H13ClN2O2S/c1-21-14-8-7-12(19)9-13(14)16(11-5-3-2-4-6-11)20-17-18(21)24-10-15(22)23-17/h2-9H,10H2,1H3. The average Bonchev–Trinajstić information content (AvgIpc) is 2.70. The Hall–Kier alpha value is -2.24. The van der Waals surface area contributed by atoms with Gasteiger partial charge in [0.15, 0.2) is 0 Å². The number of fused-ring (bicyclic) bond motifs is 1. The predicted octanol–water partition coefficient (Wildman–Crippen LogP) is 4.04.